The molecule has 118 valence electrons. The number of nitrogens with zero attached hydrogens (tertiary/aromatic N) is 2. The summed E-state index contributed by atoms with van der Waals surface area (Å²) in [4.78, 5) is 12.4. The van der Waals surface area contributed by atoms with E-state index in [0.717, 1.165) is 12.8 Å². The molecule has 2 saturated carbocycles. The minimum Gasteiger partial charge on any atom is -0.383 e. The molecule has 7 heteroatoms. The third kappa shape index (κ3) is 3.22. The third-order valence-corrected chi connectivity index (χ3v) is 4.70. The van der Waals surface area contributed by atoms with E-state index < -0.39 is 0 Å². The number of nitrogens with one attached hydrogen (secondary N) is 1. The van der Waals surface area contributed by atoms with Gasteiger partial charge in [0.15, 0.2) is 5.82 Å². The lowest BCUT2D eigenvalue weighted by molar-refractivity contribution is -0.121. The Morgan fingerprint density at radius 1 is 1.52 bits per heavy atom. The molecule has 1 aromatic rings. The van der Waals surface area contributed by atoms with Crippen LogP contribution in [0.25, 0.3) is 0 Å². The van der Waals surface area contributed by atoms with Crippen molar-refractivity contribution in [1.82, 2.24) is 9.78 Å². The van der Waals surface area contributed by atoms with E-state index in [2.05, 4.69) is 10.4 Å². The maximum atomic E-state index is 12.4. The van der Waals surface area contributed by atoms with E-state index in [1.54, 1.807) is 11.8 Å². The van der Waals surface area contributed by atoms with E-state index in [4.69, 9.17) is 10.5 Å². The summed E-state index contributed by atoms with van der Waals surface area (Å²) in [6.45, 7) is 1.28. The van der Waals surface area contributed by atoms with Gasteiger partial charge in [0.1, 0.15) is 0 Å². The number of carbonyl (C=O) groups excluding carboxylic acids is 1. The highest BCUT2D eigenvalue weighted by Crippen LogP contribution is 2.47. The van der Waals surface area contributed by atoms with E-state index in [0.29, 0.717) is 30.8 Å². The van der Waals surface area contributed by atoms with E-state index in [-0.39, 0.29) is 30.3 Å². The molecule has 21 heavy (non-hydrogen) atoms. The van der Waals surface area contributed by atoms with Gasteiger partial charge in [0.05, 0.1) is 19.1 Å². The summed E-state index contributed by atoms with van der Waals surface area (Å²) in [5.41, 5.74) is 6.19. The molecule has 2 bridgehead atoms. The van der Waals surface area contributed by atoms with Gasteiger partial charge in [-0.05, 0) is 31.1 Å². The van der Waals surface area contributed by atoms with Crippen LogP contribution in [0.5, 0.6) is 0 Å². The van der Waals surface area contributed by atoms with Crippen LogP contribution in [0, 0.1) is 17.8 Å². The Labute approximate surface area is 130 Å². The Morgan fingerprint density at radius 2 is 2.29 bits per heavy atom. The number of nitrogens with two attached hydrogens (primary N) is 1. The Morgan fingerprint density at radius 3 is 2.95 bits per heavy atom. The molecule has 0 saturated heterocycles. The fourth-order valence-electron chi connectivity index (χ4n) is 3.67. The molecule has 0 aliphatic heterocycles. The van der Waals surface area contributed by atoms with Crippen molar-refractivity contribution in [3.8, 4) is 0 Å². The number of amides is 1. The molecular formula is C14H23ClN4O2. The van der Waals surface area contributed by atoms with Crippen molar-refractivity contribution in [1.29, 1.82) is 0 Å². The number of rotatable bonds is 5. The van der Waals surface area contributed by atoms with Crippen molar-refractivity contribution in [2.24, 2.45) is 23.5 Å². The van der Waals surface area contributed by atoms with Crippen LogP contribution >= 0.6 is 12.4 Å². The smallest absolute Gasteiger partial charge is 0.230 e. The van der Waals surface area contributed by atoms with Crippen LogP contribution in [0.15, 0.2) is 12.3 Å². The molecule has 0 spiro atoms. The molecule has 4 atom stereocenters. The van der Waals surface area contributed by atoms with Crippen LogP contribution in [0.1, 0.15) is 19.3 Å². The van der Waals surface area contributed by atoms with Gasteiger partial charge in [-0.2, -0.15) is 5.10 Å². The summed E-state index contributed by atoms with van der Waals surface area (Å²) in [6.07, 6.45) is 5.27. The molecular weight excluding hydrogens is 292 g/mol. The zero-order chi connectivity index (χ0) is 14.1. The van der Waals surface area contributed by atoms with E-state index in [9.17, 15) is 4.79 Å². The molecule has 1 amide bonds. The second-order valence-corrected chi connectivity index (χ2v) is 5.88. The largest absolute Gasteiger partial charge is 0.383 e. The number of aromatic nitrogens is 2. The quantitative estimate of drug-likeness (QED) is 0.857. The van der Waals surface area contributed by atoms with Crippen molar-refractivity contribution >= 4 is 24.1 Å². The van der Waals surface area contributed by atoms with Gasteiger partial charge in [0.2, 0.25) is 5.91 Å². The molecule has 0 radical (unpaired) electrons. The topological polar surface area (TPSA) is 82.2 Å². The number of halogens is 1. The number of fused-ring (bicyclic) bond motifs is 2. The highest BCUT2D eigenvalue weighted by atomic mass is 35.5. The first kappa shape index (κ1) is 16.3. The first-order valence-corrected chi connectivity index (χ1v) is 7.28. The molecule has 0 aromatic carbocycles. The lowest BCUT2D eigenvalue weighted by atomic mass is 9.84. The summed E-state index contributed by atoms with van der Waals surface area (Å²) in [7, 11) is 1.66. The average molecular weight is 315 g/mol. The predicted octanol–water partition coefficient (Wildman–Crippen LogP) is 1.26. The lowest BCUT2D eigenvalue weighted by Crippen LogP contribution is -2.42. The Kier molecular flexibility index (Phi) is 5.24. The number of hydrogen-bond acceptors (Lipinski definition) is 4. The van der Waals surface area contributed by atoms with Gasteiger partial charge in [-0.25, -0.2) is 0 Å². The molecule has 3 N–H and O–H groups in total. The van der Waals surface area contributed by atoms with E-state index in [1.807, 2.05) is 12.3 Å². The van der Waals surface area contributed by atoms with Crippen LogP contribution in [-0.4, -0.2) is 35.4 Å². The van der Waals surface area contributed by atoms with Crippen molar-refractivity contribution in [2.45, 2.75) is 31.8 Å². The second-order valence-electron chi connectivity index (χ2n) is 5.88. The fraction of sp³-hybridized carbons (Fsp3) is 0.714. The molecule has 2 aliphatic rings. The maximum absolute atomic E-state index is 12.4. The first-order valence-electron chi connectivity index (χ1n) is 7.28. The number of methoxy groups -OCH3 is 1. The van der Waals surface area contributed by atoms with Gasteiger partial charge in [0.25, 0.3) is 0 Å². The molecule has 1 heterocycles. The van der Waals surface area contributed by atoms with Crippen LogP contribution in [0.2, 0.25) is 0 Å². The number of ether oxygens (including phenoxy) is 1. The Balaban J connectivity index is 0.00000161. The summed E-state index contributed by atoms with van der Waals surface area (Å²) in [5, 5.41) is 7.21. The SMILES string of the molecule is COCCn1ccc(NC(=O)C2C3CCC(C3)C2N)n1.Cl. The Bertz CT molecular complexity index is 491. The molecule has 1 aromatic heterocycles. The lowest BCUT2D eigenvalue weighted by Gasteiger charge is -2.26. The zero-order valence-corrected chi connectivity index (χ0v) is 13.0. The van der Waals surface area contributed by atoms with Gasteiger partial charge in [0, 0.05) is 25.4 Å². The first-order chi connectivity index (χ1) is 9.69. The van der Waals surface area contributed by atoms with Gasteiger partial charge >= 0.3 is 0 Å². The minimum absolute atomic E-state index is 0. The zero-order valence-electron chi connectivity index (χ0n) is 12.2. The standard InChI is InChI=1S/C14H22N4O2.ClH/c1-20-7-6-18-5-4-11(17-18)16-14(19)12-9-2-3-10(8-9)13(12)15;/h4-5,9-10,12-13H,2-3,6-8,15H2,1H3,(H,16,17,19);1H. The minimum atomic E-state index is -0.0436. The summed E-state index contributed by atoms with van der Waals surface area (Å²) in [5.74, 6) is 1.58. The number of hydrogen-bond donors (Lipinski definition) is 2. The highest BCUT2D eigenvalue weighted by Gasteiger charge is 2.49. The molecule has 3 rings (SSSR count). The average Bonchev–Trinajstić information content (AvgIpc) is 3.12. The Hall–Kier alpha value is -1.11. The van der Waals surface area contributed by atoms with E-state index in [1.165, 1.54) is 6.42 Å². The number of carbonyl (C=O) groups is 1. The van der Waals surface area contributed by atoms with Crippen molar-refractivity contribution in [3.63, 3.8) is 0 Å². The maximum Gasteiger partial charge on any atom is 0.230 e. The molecule has 2 fully saturated rings. The van der Waals surface area contributed by atoms with Gasteiger partial charge in [-0.15, -0.1) is 12.4 Å². The summed E-state index contributed by atoms with van der Waals surface area (Å²) in [6, 6.07) is 1.83. The summed E-state index contributed by atoms with van der Waals surface area (Å²) < 4.78 is 6.76. The van der Waals surface area contributed by atoms with Crippen molar-refractivity contribution in [3.05, 3.63) is 12.3 Å². The third-order valence-electron chi connectivity index (χ3n) is 4.70. The summed E-state index contributed by atoms with van der Waals surface area (Å²) >= 11 is 0. The normalized spacial score (nSPS) is 30.2. The van der Waals surface area contributed by atoms with Crippen LogP contribution in [0.4, 0.5) is 5.82 Å². The van der Waals surface area contributed by atoms with Gasteiger partial charge in [-0.1, -0.05) is 0 Å². The molecule has 2 aliphatic carbocycles. The fourth-order valence-corrected chi connectivity index (χ4v) is 3.67. The van der Waals surface area contributed by atoms with Crippen LogP contribution in [-0.2, 0) is 16.1 Å². The molecule has 6 nitrogen and oxygen atoms in total. The van der Waals surface area contributed by atoms with Crippen LogP contribution < -0.4 is 11.1 Å². The van der Waals surface area contributed by atoms with E-state index >= 15 is 0 Å². The number of anilines is 1. The van der Waals surface area contributed by atoms with Gasteiger partial charge < -0.3 is 15.8 Å². The van der Waals surface area contributed by atoms with Crippen molar-refractivity contribution in [2.75, 3.05) is 19.0 Å². The van der Waals surface area contributed by atoms with Crippen LogP contribution in [0.3, 0.4) is 0 Å². The molecule has 4 unspecified atom stereocenters. The van der Waals surface area contributed by atoms with Crippen molar-refractivity contribution < 1.29 is 9.53 Å². The van der Waals surface area contributed by atoms with Gasteiger partial charge in [-0.3, -0.25) is 9.48 Å². The predicted molar refractivity (Wildman–Crippen MR) is 82.3 cm³/mol. The highest BCUT2D eigenvalue weighted by molar-refractivity contribution is 5.92. The second kappa shape index (κ2) is 6.77. The monoisotopic (exact) mass is 314 g/mol.